The monoisotopic (exact) mass is 467 g/mol. The molecule has 0 bridgehead atoms. The summed E-state index contributed by atoms with van der Waals surface area (Å²) in [5.41, 5.74) is 4.10. The van der Waals surface area contributed by atoms with Gasteiger partial charge in [0.15, 0.2) is 0 Å². The van der Waals surface area contributed by atoms with Crippen LogP contribution < -0.4 is 10.1 Å². The molecular weight excluding hydrogens is 437 g/mol. The highest BCUT2D eigenvalue weighted by Crippen LogP contribution is 2.41. The van der Waals surface area contributed by atoms with E-state index >= 15 is 0 Å². The Kier molecular flexibility index (Phi) is 5.93. The molecule has 1 aromatic heterocycles. The third-order valence-corrected chi connectivity index (χ3v) is 7.32. The van der Waals surface area contributed by atoms with Crippen molar-refractivity contribution in [1.82, 2.24) is 9.55 Å². The molecule has 5 rings (SSSR count). The minimum Gasteiger partial charge on any atom is -0.496 e. The number of anilines is 1. The number of benzene rings is 2. The molecule has 1 aliphatic carbocycles. The van der Waals surface area contributed by atoms with Crippen molar-refractivity contribution in [2.75, 3.05) is 12.4 Å². The molecule has 2 heterocycles. The number of hydrogen-bond acceptors (Lipinski definition) is 5. The second kappa shape index (κ2) is 8.91. The summed E-state index contributed by atoms with van der Waals surface area (Å²) in [5, 5.41) is 24.7. The number of carbonyl (C=O) groups is 1. The van der Waals surface area contributed by atoms with Crippen LogP contribution in [0.25, 0.3) is 11.0 Å². The average molecular weight is 468 g/mol. The first kappa shape index (κ1) is 22.7. The number of nitrogens with zero attached hydrogens (tertiary/aromatic N) is 2. The maximum Gasteiger partial charge on any atom is 0.306 e. The summed E-state index contributed by atoms with van der Waals surface area (Å²) in [6.45, 7) is 2.14. The number of hydrogen-bond donors (Lipinski definition) is 3. The van der Waals surface area contributed by atoms with Gasteiger partial charge in [-0.25, -0.2) is 9.37 Å². The first-order valence-corrected chi connectivity index (χ1v) is 11.9. The van der Waals surface area contributed by atoms with Crippen LogP contribution in [0.1, 0.15) is 68.1 Å². The van der Waals surface area contributed by atoms with Gasteiger partial charge in [-0.15, -0.1) is 0 Å². The van der Waals surface area contributed by atoms with Gasteiger partial charge in [-0.2, -0.15) is 0 Å². The summed E-state index contributed by atoms with van der Waals surface area (Å²) in [7, 11) is 1.48. The van der Waals surface area contributed by atoms with E-state index in [0.29, 0.717) is 36.0 Å². The zero-order valence-electron chi connectivity index (χ0n) is 19.4. The molecule has 1 fully saturated rings. The molecule has 3 aromatic rings. The standard InChI is InChI=1S/C26H30FN3O4/c1-14-6-8-18-20(28-14)9-10-21-23(18)29-25(24(31)19-13-16(27)7-11-22(19)34-2)30(21)17-5-3-4-15(12-17)26(32)33/h7,9-11,13-15,17,24,28,31H,3-6,8,12H2,1-2H3,(H,32,33)/t14-,15?,17?,24?/m0/s1. The van der Waals surface area contributed by atoms with Gasteiger partial charge in [0.25, 0.3) is 0 Å². The van der Waals surface area contributed by atoms with E-state index in [1.807, 2.05) is 16.7 Å². The zero-order chi connectivity index (χ0) is 24.0. The number of fused-ring (bicyclic) bond motifs is 3. The van der Waals surface area contributed by atoms with Gasteiger partial charge in [-0.05, 0) is 69.4 Å². The lowest BCUT2D eigenvalue weighted by Crippen LogP contribution is -2.26. The third kappa shape index (κ3) is 3.90. The molecule has 3 unspecified atom stereocenters. The SMILES string of the molecule is COc1ccc(F)cc1C(O)c1nc2c3c(ccc2n1C1CCCC(C(=O)O)C1)N[C@@H](C)CC3. The highest BCUT2D eigenvalue weighted by Gasteiger charge is 2.33. The Labute approximate surface area is 197 Å². The molecule has 0 amide bonds. The number of carboxylic acids is 1. The molecule has 3 N–H and O–H groups in total. The second-order valence-corrected chi connectivity index (χ2v) is 9.53. The highest BCUT2D eigenvalue weighted by atomic mass is 19.1. The number of aromatic nitrogens is 2. The van der Waals surface area contributed by atoms with Crippen LogP contribution in [0.15, 0.2) is 30.3 Å². The van der Waals surface area contributed by atoms with E-state index in [9.17, 15) is 19.4 Å². The van der Waals surface area contributed by atoms with Gasteiger partial charge < -0.3 is 24.8 Å². The lowest BCUT2D eigenvalue weighted by molar-refractivity contribution is -0.143. The van der Waals surface area contributed by atoms with Gasteiger partial charge in [0.2, 0.25) is 0 Å². The van der Waals surface area contributed by atoms with E-state index in [-0.39, 0.29) is 6.04 Å². The normalized spacial score (nSPS) is 23.2. The number of aliphatic hydroxyl groups excluding tert-OH is 1. The fourth-order valence-electron chi connectivity index (χ4n) is 5.58. The van der Waals surface area contributed by atoms with Crippen molar-refractivity contribution in [3.05, 3.63) is 53.1 Å². The first-order chi connectivity index (χ1) is 16.4. The van der Waals surface area contributed by atoms with Crippen molar-refractivity contribution in [2.45, 2.75) is 63.6 Å². The molecule has 34 heavy (non-hydrogen) atoms. The number of imidazole rings is 1. The summed E-state index contributed by atoms with van der Waals surface area (Å²) in [6, 6.07) is 8.33. The van der Waals surface area contributed by atoms with Gasteiger partial charge in [0.05, 0.1) is 24.1 Å². The number of nitrogens with one attached hydrogen (secondary N) is 1. The van der Waals surface area contributed by atoms with Crippen LogP contribution >= 0.6 is 0 Å². The van der Waals surface area contributed by atoms with E-state index in [1.165, 1.54) is 25.3 Å². The number of aliphatic hydroxyl groups is 1. The quantitative estimate of drug-likeness (QED) is 0.498. The van der Waals surface area contributed by atoms with Crippen LogP contribution in [-0.4, -0.2) is 38.9 Å². The van der Waals surface area contributed by atoms with E-state index in [1.54, 1.807) is 0 Å². The van der Waals surface area contributed by atoms with E-state index in [0.717, 1.165) is 48.0 Å². The van der Waals surface area contributed by atoms with Crippen LogP contribution in [0.2, 0.25) is 0 Å². The molecular formula is C26H30FN3O4. The van der Waals surface area contributed by atoms with Crippen molar-refractivity contribution in [3.63, 3.8) is 0 Å². The molecule has 1 saturated carbocycles. The Bertz CT molecular complexity index is 1240. The van der Waals surface area contributed by atoms with Crippen LogP contribution in [0.4, 0.5) is 10.1 Å². The van der Waals surface area contributed by atoms with E-state index < -0.39 is 23.8 Å². The fraction of sp³-hybridized carbons (Fsp3) is 0.462. The summed E-state index contributed by atoms with van der Waals surface area (Å²) < 4.78 is 21.6. The summed E-state index contributed by atoms with van der Waals surface area (Å²) >= 11 is 0. The Morgan fingerprint density at radius 3 is 2.85 bits per heavy atom. The number of ether oxygens (including phenoxy) is 1. The first-order valence-electron chi connectivity index (χ1n) is 11.9. The number of aryl methyl sites for hydroxylation is 1. The van der Waals surface area contributed by atoms with Crippen molar-refractivity contribution in [2.24, 2.45) is 5.92 Å². The molecule has 2 aromatic carbocycles. The lowest BCUT2D eigenvalue weighted by Gasteiger charge is -2.30. The van der Waals surface area contributed by atoms with Crippen LogP contribution in [0.3, 0.4) is 0 Å². The van der Waals surface area contributed by atoms with Gasteiger partial charge in [0.1, 0.15) is 23.5 Å². The third-order valence-electron chi connectivity index (χ3n) is 7.32. The minimum atomic E-state index is -1.23. The highest BCUT2D eigenvalue weighted by molar-refractivity contribution is 5.86. The van der Waals surface area contributed by atoms with Crippen LogP contribution in [0.5, 0.6) is 5.75 Å². The molecule has 4 atom stereocenters. The van der Waals surface area contributed by atoms with E-state index in [4.69, 9.17) is 9.72 Å². The number of rotatable bonds is 5. The predicted molar refractivity (Wildman–Crippen MR) is 127 cm³/mol. The maximum atomic E-state index is 14.2. The van der Waals surface area contributed by atoms with Gasteiger partial charge >= 0.3 is 5.97 Å². The lowest BCUT2D eigenvalue weighted by atomic mass is 9.85. The molecule has 1 aliphatic heterocycles. The molecule has 2 aliphatic rings. The van der Waals surface area contributed by atoms with Gasteiger partial charge in [0, 0.05) is 28.9 Å². The van der Waals surface area contributed by atoms with Crippen molar-refractivity contribution < 1.29 is 24.1 Å². The summed E-state index contributed by atoms with van der Waals surface area (Å²) in [5.74, 6) is -0.945. The van der Waals surface area contributed by atoms with Crippen molar-refractivity contribution in [1.29, 1.82) is 0 Å². The number of halogens is 1. The number of aliphatic carboxylic acids is 1. The Morgan fingerprint density at radius 1 is 1.26 bits per heavy atom. The minimum absolute atomic E-state index is 0.127. The zero-order valence-corrected chi connectivity index (χ0v) is 19.4. The van der Waals surface area contributed by atoms with Crippen molar-refractivity contribution in [3.8, 4) is 5.75 Å². The van der Waals surface area contributed by atoms with Crippen molar-refractivity contribution >= 4 is 22.7 Å². The van der Waals surface area contributed by atoms with Gasteiger partial charge in [-0.1, -0.05) is 6.42 Å². The smallest absolute Gasteiger partial charge is 0.306 e. The molecule has 0 saturated heterocycles. The molecule has 8 heteroatoms. The fourth-order valence-corrected chi connectivity index (χ4v) is 5.58. The van der Waals surface area contributed by atoms with E-state index in [2.05, 4.69) is 12.2 Å². The maximum absolute atomic E-state index is 14.2. The van der Waals surface area contributed by atoms with Crippen LogP contribution in [-0.2, 0) is 11.2 Å². The second-order valence-electron chi connectivity index (χ2n) is 9.53. The molecule has 7 nitrogen and oxygen atoms in total. The predicted octanol–water partition coefficient (Wildman–Crippen LogP) is 4.83. The topological polar surface area (TPSA) is 96.6 Å². The molecule has 0 spiro atoms. The van der Waals surface area contributed by atoms with Crippen LogP contribution in [0, 0.1) is 11.7 Å². The van der Waals surface area contributed by atoms with Gasteiger partial charge in [-0.3, -0.25) is 4.79 Å². The Balaban J connectivity index is 1.69. The summed E-state index contributed by atoms with van der Waals surface area (Å²) in [6.07, 6.45) is 3.29. The molecule has 180 valence electrons. The Hall–Kier alpha value is -3.13. The Morgan fingerprint density at radius 2 is 2.09 bits per heavy atom. The summed E-state index contributed by atoms with van der Waals surface area (Å²) in [4.78, 5) is 16.7. The number of carboxylic acid groups (broad SMARTS) is 1. The number of methoxy groups -OCH3 is 1. The average Bonchev–Trinajstić information content (AvgIpc) is 3.23. The largest absolute Gasteiger partial charge is 0.496 e. The molecule has 0 radical (unpaired) electrons.